The van der Waals surface area contributed by atoms with Gasteiger partial charge < -0.3 is 20.3 Å². The van der Waals surface area contributed by atoms with E-state index in [-0.39, 0.29) is 30.3 Å². The molecule has 2 N–H and O–H groups in total. The predicted octanol–water partition coefficient (Wildman–Crippen LogP) is 0.737. The van der Waals surface area contributed by atoms with Crippen LogP contribution >= 0.6 is 12.4 Å². The highest BCUT2D eigenvalue weighted by Gasteiger charge is 2.21. The lowest BCUT2D eigenvalue weighted by Crippen LogP contribution is -2.48. The van der Waals surface area contributed by atoms with Gasteiger partial charge in [0.05, 0.1) is 13.2 Å². The fourth-order valence-corrected chi connectivity index (χ4v) is 1.95. The molecule has 0 bridgehead atoms. The lowest BCUT2D eigenvalue weighted by Gasteiger charge is -2.23. The van der Waals surface area contributed by atoms with Crippen LogP contribution in [0.15, 0.2) is 24.3 Å². The smallest absolute Gasteiger partial charge is 0.253 e. The maximum atomic E-state index is 12.0. The molecule has 21 heavy (non-hydrogen) atoms. The number of morpholine rings is 1. The fraction of sp³-hybridized carbons (Fsp3) is 0.429. The number of anilines is 1. The number of nitrogens with one attached hydrogen (secondary N) is 2. The molecule has 0 aromatic heterocycles. The molecule has 7 heteroatoms. The van der Waals surface area contributed by atoms with Gasteiger partial charge in [-0.3, -0.25) is 9.59 Å². The van der Waals surface area contributed by atoms with Crippen molar-refractivity contribution in [3.05, 3.63) is 29.8 Å². The van der Waals surface area contributed by atoms with E-state index in [1.165, 1.54) is 4.90 Å². The summed E-state index contributed by atoms with van der Waals surface area (Å²) in [5.41, 5.74) is 1.15. The monoisotopic (exact) mass is 313 g/mol. The summed E-state index contributed by atoms with van der Waals surface area (Å²) in [6.07, 6.45) is 0. The molecule has 2 rings (SSSR count). The number of amides is 2. The van der Waals surface area contributed by atoms with Crippen molar-refractivity contribution >= 4 is 29.9 Å². The van der Waals surface area contributed by atoms with Gasteiger partial charge >= 0.3 is 0 Å². The van der Waals surface area contributed by atoms with Crippen molar-refractivity contribution in [1.82, 2.24) is 10.2 Å². The first kappa shape index (κ1) is 17.4. The maximum Gasteiger partial charge on any atom is 0.253 e. The van der Waals surface area contributed by atoms with E-state index in [1.807, 2.05) is 0 Å². The van der Waals surface area contributed by atoms with E-state index in [0.717, 1.165) is 0 Å². The molecule has 1 heterocycles. The molecule has 1 aromatic rings. The Kier molecular flexibility index (Phi) is 6.61. The summed E-state index contributed by atoms with van der Waals surface area (Å²) < 4.78 is 5.25. The van der Waals surface area contributed by atoms with Crippen molar-refractivity contribution in [3.8, 4) is 0 Å². The van der Waals surface area contributed by atoms with Crippen LogP contribution in [-0.4, -0.2) is 56.6 Å². The summed E-state index contributed by atoms with van der Waals surface area (Å²) in [7, 11) is 3.38. The lowest BCUT2D eigenvalue weighted by molar-refractivity contribution is -0.120. The Balaban J connectivity index is 0.00000220. The van der Waals surface area contributed by atoms with Crippen molar-refractivity contribution < 1.29 is 14.3 Å². The van der Waals surface area contributed by atoms with Gasteiger partial charge in [0, 0.05) is 31.9 Å². The largest absolute Gasteiger partial charge is 0.378 e. The Labute approximate surface area is 130 Å². The number of halogens is 1. The van der Waals surface area contributed by atoms with E-state index in [9.17, 15) is 9.59 Å². The Bertz CT molecular complexity index is 502. The summed E-state index contributed by atoms with van der Waals surface area (Å²) in [5, 5.41) is 5.88. The lowest BCUT2D eigenvalue weighted by atomic mass is 10.1. The Morgan fingerprint density at radius 1 is 1.38 bits per heavy atom. The molecule has 0 spiro atoms. The average Bonchev–Trinajstić information content (AvgIpc) is 2.47. The summed E-state index contributed by atoms with van der Waals surface area (Å²) in [6.45, 7) is 1.65. The van der Waals surface area contributed by atoms with E-state index in [4.69, 9.17) is 4.74 Å². The minimum Gasteiger partial charge on any atom is -0.378 e. The number of benzene rings is 1. The first-order chi connectivity index (χ1) is 9.58. The molecule has 1 atom stereocenters. The second-order valence-electron chi connectivity index (χ2n) is 4.85. The summed E-state index contributed by atoms with van der Waals surface area (Å²) in [5.74, 6) is -0.251. The Morgan fingerprint density at radius 3 is 2.76 bits per heavy atom. The molecule has 6 nitrogen and oxygen atoms in total. The second-order valence-corrected chi connectivity index (χ2v) is 4.85. The highest BCUT2D eigenvalue weighted by atomic mass is 35.5. The van der Waals surface area contributed by atoms with E-state index >= 15 is 0 Å². The molecule has 1 unspecified atom stereocenters. The first-order valence-corrected chi connectivity index (χ1v) is 6.51. The van der Waals surface area contributed by atoms with Gasteiger partial charge in [0.25, 0.3) is 5.91 Å². The van der Waals surface area contributed by atoms with Crippen LogP contribution in [0.2, 0.25) is 0 Å². The zero-order chi connectivity index (χ0) is 14.5. The quantitative estimate of drug-likeness (QED) is 0.863. The molecule has 1 saturated heterocycles. The molecule has 0 radical (unpaired) electrons. The average molecular weight is 314 g/mol. The predicted molar refractivity (Wildman–Crippen MR) is 82.9 cm³/mol. The molecular formula is C14H20ClN3O3. The number of carbonyl (C=O) groups is 2. The summed E-state index contributed by atoms with van der Waals surface area (Å²) >= 11 is 0. The molecule has 1 aliphatic rings. The van der Waals surface area contributed by atoms with Gasteiger partial charge in [0.2, 0.25) is 5.91 Å². The van der Waals surface area contributed by atoms with Gasteiger partial charge in [-0.2, -0.15) is 0 Å². The van der Waals surface area contributed by atoms with Crippen LogP contribution in [0.4, 0.5) is 5.69 Å². The van der Waals surface area contributed by atoms with Crippen LogP contribution in [0.1, 0.15) is 10.4 Å². The van der Waals surface area contributed by atoms with Crippen LogP contribution in [0.3, 0.4) is 0 Å². The van der Waals surface area contributed by atoms with Gasteiger partial charge in [-0.25, -0.2) is 0 Å². The third-order valence-corrected chi connectivity index (χ3v) is 3.02. The second kappa shape index (κ2) is 7.97. The summed E-state index contributed by atoms with van der Waals surface area (Å²) in [4.78, 5) is 25.4. The number of hydrogen-bond donors (Lipinski definition) is 2. The van der Waals surface area contributed by atoms with E-state index in [2.05, 4.69) is 10.6 Å². The SMILES string of the molecule is CN(C)C(=O)c1cccc(NC(=O)C2COCCN2)c1.Cl. The van der Waals surface area contributed by atoms with Crippen LogP contribution in [0.5, 0.6) is 0 Å². The number of nitrogens with zero attached hydrogens (tertiary/aromatic N) is 1. The molecule has 2 amide bonds. The third kappa shape index (κ3) is 4.70. The first-order valence-electron chi connectivity index (χ1n) is 6.51. The van der Waals surface area contributed by atoms with Gasteiger partial charge in [-0.15, -0.1) is 12.4 Å². The maximum absolute atomic E-state index is 12.0. The highest BCUT2D eigenvalue weighted by Crippen LogP contribution is 2.12. The van der Waals surface area contributed by atoms with Gasteiger partial charge in [0.15, 0.2) is 0 Å². The van der Waals surface area contributed by atoms with Crippen LogP contribution in [0.25, 0.3) is 0 Å². The van der Waals surface area contributed by atoms with Gasteiger partial charge in [-0.1, -0.05) is 6.07 Å². The molecule has 0 saturated carbocycles. The molecule has 1 aliphatic heterocycles. The summed E-state index contributed by atoms with van der Waals surface area (Å²) in [6, 6.07) is 6.55. The zero-order valence-electron chi connectivity index (χ0n) is 12.1. The van der Waals surface area contributed by atoms with Crippen LogP contribution in [-0.2, 0) is 9.53 Å². The number of carbonyl (C=O) groups excluding carboxylic acids is 2. The van der Waals surface area contributed by atoms with Gasteiger partial charge in [-0.05, 0) is 18.2 Å². The van der Waals surface area contributed by atoms with Crippen molar-refractivity contribution in [1.29, 1.82) is 0 Å². The normalized spacial score (nSPS) is 17.5. The van der Waals surface area contributed by atoms with Crippen molar-refractivity contribution in [3.63, 3.8) is 0 Å². The van der Waals surface area contributed by atoms with Crippen molar-refractivity contribution in [2.24, 2.45) is 0 Å². The number of rotatable bonds is 3. The third-order valence-electron chi connectivity index (χ3n) is 3.02. The molecule has 1 aromatic carbocycles. The fourth-order valence-electron chi connectivity index (χ4n) is 1.95. The van der Waals surface area contributed by atoms with E-state index in [0.29, 0.717) is 31.0 Å². The standard InChI is InChI=1S/C14H19N3O3.ClH/c1-17(2)14(19)10-4-3-5-11(8-10)16-13(18)12-9-20-7-6-15-12;/h3-5,8,12,15H,6-7,9H2,1-2H3,(H,16,18);1H. The Morgan fingerprint density at radius 2 is 2.14 bits per heavy atom. The minimum absolute atomic E-state index is 0. The molecule has 1 fully saturated rings. The van der Waals surface area contributed by atoms with Gasteiger partial charge in [0.1, 0.15) is 6.04 Å². The van der Waals surface area contributed by atoms with Crippen molar-refractivity contribution in [2.45, 2.75) is 6.04 Å². The minimum atomic E-state index is -0.350. The van der Waals surface area contributed by atoms with E-state index in [1.54, 1.807) is 38.4 Å². The topological polar surface area (TPSA) is 70.7 Å². The molecular weight excluding hydrogens is 294 g/mol. The Hall–Kier alpha value is -1.63. The highest BCUT2D eigenvalue weighted by molar-refractivity contribution is 5.98. The number of ether oxygens (including phenoxy) is 1. The van der Waals surface area contributed by atoms with E-state index < -0.39 is 0 Å². The number of hydrogen-bond acceptors (Lipinski definition) is 4. The van der Waals surface area contributed by atoms with Crippen LogP contribution in [0, 0.1) is 0 Å². The van der Waals surface area contributed by atoms with Crippen LogP contribution < -0.4 is 10.6 Å². The molecule has 0 aliphatic carbocycles. The zero-order valence-corrected chi connectivity index (χ0v) is 12.9. The van der Waals surface area contributed by atoms with Crippen molar-refractivity contribution in [2.75, 3.05) is 39.2 Å². The molecule has 116 valence electrons.